The molecule has 3 N–H and O–H groups in total. The predicted octanol–water partition coefficient (Wildman–Crippen LogP) is 1.01. The Morgan fingerprint density at radius 3 is 2.60 bits per heavy atom. The fourth-order valence-electron chi connectivity index (χ4n) is 2.33. The zero-order valence-corrected chi connectivity index (χ0v) is 13.1. The van der Waals surface area contributed by atoms with E-state index in [1.165, 1.54) is 11.1 Å². The zero-order valence-electron chi connectivity index (χ0n) is 13.1. The number of rotatable bonds is 5. The van der Waals surface area contributed by atoms with E-state index in [1.807, 2.05) is 6.07 Å². The van der Waals surface area contributed by atoms with Gasteiger partial charge < -0.3 is 10.5 Å². The second-order valence-electron chi connectivity index (χ2n) is 5.30. The molecule has 1 heterocycles. The summed E-state index contributed by atoms with van der Waals surface area (Å²) >= 11 is 0. The molecule has 0 spiro atoms. The minimum Gasteiger partial charge on any atom is -0.484 e. The SMILES string of the molecule is NC(=O)COc1cccc(/C=C2/C(=O)NN(c3ccccc3)C2=O)c1. The van der Waals surface area contributed by atoms with Gasteiger partial charge in [-0.1, -0.05) is 30.3 Å². The first-order chi connectivity index (χ1) is 12.0. The molecule has 7 nitrogen and oxygen atoms in total. The molecule has 3 amide bonds. The van der Waals surface area contributed by atoms with Gasteiger partial charge in [-0.15, -0.1) is 0 Å². The minimum absolute atomic E-state index is 0.0101. The van der Waals surface area contributed by atoms with Crippen LogP contribution in [0.15, 0.2) is 60.2 Å². The molecule has 1 aliphatic heterocycles. The van der Waals surface area contributed by atoms with Crippen molar-refractivity contribution >= 4 is 29.5 Å². The molecule has 0 saturated carbocycles. The number of amides is 3. The number of hydrogen-bond donors (Lipinski definition) is 2. The maximum Gasteiger partial charge on any atom is 0.282 e. The average molecular weight is 337 g/mol. The molecule has 126 valence electrons. The number of carbonyl (C=O) groups is 3. The van der Waals surface area contributed by atoms with Crippen LogP contribution < -0.4 is 20.9 Å². The zero-order chi connectivity index (χ0) is 17.8. The van der Waals surface area contributed by atoms with Crippen LogP contribution in [-0.2, 0) is 14.4 Å². The van der Waals surface area contributed by atoms with E-state index in [-0.39, 0.29) is 12.2 Å². The molecule has 0 aromatic heterocycles. The number of primary amides is 1. The Labute approximate surface area is 143 Å². The Balaban J connectivity index is 1.84. The van der Waals surface area contributed by atoms with Gasteiger partial charge in [-0.3, -0.25) is 19.8 Å². The molecule has 7 heteroatoms. The summed E-state index contributed by atoms with van der Waals surface area (Å²) in [5.41, 5.74) is 8.74. The standard InChI is InChI=1S/C18H15N3O4/c19-16(22)11-25-14-8-4-5-12(9-14)10-15-17(23)20-21(18(15)24)13-6-2-1-3-7-13/h1-10H,11H2,(H2,19,22)(H,20,23)/b15-10-. The highest BCUT2D eigenvalue weighted by Gasteiger charge is 2.34. The van der Waals surface area contributed by atoms with Crippen molar-refractivity contribution in [2.75, 3.05) is 11.6 Å². The highest BCUT2D eigenvalue weighted by atomic mass is 16.5. The van der Waals surface area contributed by atoms with Gasteiger partial charge in [-0.2, -0.15) is 0 Å². The molecular formula is C18H15N3O4. The van der Waals surface area contributed by atoms with Gasteiger partial charge in [-0.25, -0.2) is 5.01 Å². The number of nitrogens with one attached hydrogen (secondary N) is 1. The van der Waals surface area contributed by atoms with E-state index < -0.39 is 17.7 Å². The quantitative estimate of drug-likeness (QED) is 0.628. The van der Waals surface area contributed by atoms with Gasteiger partial charge >= 0.3 is 0 Å². The smallest absolute Gasteiger partial charge is 0.282 e. The maximum absolute atomic E-state index is 12.5. The van der Waals surface area contributed by atoms with Crippen LogP contribution in [0.4, 0.5) is 5.69 Å². The first-order valence-corrected chi connectivity index (χ1v) is 7.48. The molecule has 2 aromatic rings. The van der Waals surface area contributed by atoms with Crippen molar-refractivity contribution in [2.45, 2.75) is 0 Å². The lowest BCUT2D eigenvalue weighted by Crippen LogP contribution is -2.35. The Hall–Kier alpha value is -3.61. The summed E-state index contributed by atoms with van der Waals surface area (Å²) in [6.07, 6.45) is 1.47. The van der Waals surface area contributed by atoms with E-state index in [4.69, 9.17) is 10.5 Å². The number of carbonyl (C=O) groups excluding carboxylic acids is 3. The maximum atomic E-state index is 12.5. The first-order valence-electron chi connectivity index (χ1n) is 7.48. The fourth-order valence-corrected chi connectivity index (χ4v) is 2.33. The first kappa shape index (κ1) is 16.3. The highest BCUT2D eigenvalue weighted by molar-refractivity contribution is 6.31. The van der Waals surface area contributed by atoms with Crippen molar-refractivity contribution in [1.82, 2.24) is 5.43 Å². The summed E-state index contributed by atoms with van der Waals surface area (Å²) < 4.78 is 5.22. The van der Waals surface area contributed by atoms with Crippen LogP contribution in [0.1, 0.15) is 5.56 Å². The van der Waals surface area contributed by atoms with E-state index in [0.717, 1.165) is 0 Å². The second kappa shape index (κ2) is 6.88. The third-order valence-electron chi connectivity index (χ3n) is 3.46. The summed E-state index contributed by atoms with van der Waals surface area (Å²) in [5.74, 6) is -1.11. The third kappa shape index (κ3) is 3.66. The second-order valence-corrected chi connectivity index (χ2v) is 5.30. The van der Waals surface area contributed by atoms with Crippen molar-refractivity contribution in [2.24, 2.45) is 5.73 Å². The summed E-state index contributed by atoms with van der Waals surface area (Å²) in [5, 5.41) is 1.20. The summed E-state index contributed by atoms with van der Waals surface area (Å²) in [6.45, 7) is -0.249. The van der Waals surface area contributed by atoms with Gasteiger partial charge in [0.15, 0.2) is 6.61 Å². The molecule has 0 aliphatic carbocycles. The van der Waals surface area contributed by atoms with Gasteiger partial charge in [0, 0.05) is 0 Å². The van der Waals surface area contributed by atoms with Gasteiger partial charge in [0.1, 0.15) is 11.3 Å². The van der Waals surface area contributed by atoms with E-state index in [0.29, 0.717) is 17.0 Å². The number of nitrogens with zero attached hydrogens (tertiary/aromatic N) is 1. The van der Waals surface area contributed by atoms with Crippen molar-refractivity contribution in [1.29, 1.82) is 0 Å². The number of nitrogens with two attached hydrogens (primary N) is 1. The predicted molar refractivity (Wildman–Crippen MR) is 91.2 cm³/mol. The number of para-hydroxylation sites is 1. The summed E-state index contributed by atoms with van der Waals surface area (Å²) in [7, 11) is 0. The number of hydrogen-bond acceptors (Lipinski definition) is 4. The highest BCUT2D eigenvalue weighted by Crippen LogP contribution is 2.22. The van der Waals surface area contributed by atoms with Crippen LogP contribution >= 0.6 is 0 Å². The molecule has 3 rings (SSSR count). The Morgan fingerprint density at radius 1 is 1.12 bits per heavy atom. The van der Waals surface area contributed by atoms with E-state index in [9.17, 15) is 14.4 Å². The number of benzene rings is 2. The van der Waals surface area contributed by atoms with Crippen LogP contribution in [0.5, 0.6) is 5.75 Å². The molecular weight excluding hydrogens is 322 g/mol. The van der Waals surface area contributed by atoms with E-state index >= 15 is 0 Å². The monoisotopic (exact) mass is 337 g/mol. The number of ether oxygens (including phenoxy) is 1. The molecule has 2 aromatic carbocycles. The number of hydrazine groups is 1. The molecule has 25 heavy (non-hydrogen) atoms. The summed E-state index contributed by atoms with van der Waals surface area (Å²) in [4.78, 5) is 35.4. The minimum atomic E-state index is -0.590. The van der Waals surface area contributed by atoms with E-state index in [1.54, 1.807) is 48.5 Å². The lowest BCUT2D eigenvalue weighted by atomic mass is 10.1. The van der Waals surface area contributed by atoms with Crippen LogP contribution in [0.3, 0.4) is 0 Å². The average Bonchev–Trinajstić information content (AvgIpc) is 2.89. The molecule has 1 fully saturated rings. The van der Waals surface area contributed by atoms with Crippen LogP contribution in [0, 0.1) is 0 Å². The molecule has 1 saturated heterocycles. The van der Waals surface area contributed by atoms with Crippen LogP contribution in [-0.4, -0.2) is 24.3 Å². The molecule has 0 bridgehead atoms. The van der Waals surface area contributed by atoms with Crippen LogP contribution in [0.25, 0.3) is 6.08 Å². The Bertz CT molecular complexity index is 862. The van der Waals surface area contributed by atoms with Crippen molar-refractivity contribution < 1.29 is 19.1 Å². The molecule has 0 unspecified atom stereocenters. The topological polar surface area (TPSA) is 102 Å². The molecule has 1 aliphatic rings. The van der Waals surface area contributed by atoms with Gasteiger partial charge in [0.25, 0.3) is 17.7 Å². The molecule has 0 radical (unpaired) electrons. The van der Waals surface area contributed by atoms with Gasteiger partial charge in [0.2, 0.25) is 0 Å². The van der Waals surface area contributed by atoms with Crippen molar-refractivity contribution in [3.8, 4) is 5.75 Å². The molecule has 0 atom stereocenters. The van der Waals surface area contributed by atoms with Crippen molar-refractivity contribution in [3.05, 3.63) is 65.7 Å². The van der Waals surface area contributed by atoms with Crippen molar-refractivity contribution in [3.63, 3.8) is 0 Å². The third-order valence-corrected chi connectivity index (χ3v) is 3.46. The summed E-state index contributed by atoms with van der Waals surface area (Å²) in [6, 6.07) is 15.5. The largest absolute Gasteiger partial charge is 0.484 e. The van der Waals surface area contributed by atoms with E-state index in [2.05, 4.69) is 5.43 Å². The Morgan fingerprint density at radius 2 is 1.88 bits per heavy atom. The lowest BCUT2D eigenvalue weighted by Gasteiger charge is -2.13. The lowest BCUT2D eigenvalue weighted by molar-refractivity contribution is -0.120. The van der Waals surface area contributed by atoms with Gasteiger partial charge in [-0.05, 0) is 35.9 Å². The normalized spacial score (nSPS) is 15.4. The fraction of sp³-hybridized carbons (Fsp3) is 0.0556. The van der Waals surface area contributed by atoms with Crippen LogP contribution in [0.2, 0.25) is 0 Å². The number of anilines is 1. The van der Waals surface area contributed by atoms with Gasteiger partial charge in [0.05, 0.1) is 5.69 Å². The Kier molecular flexibility index (Phi) is 4.47.